The highest BCUT2D eigenvalue weighted by Gasteiger charge is 2.22. The fourth-order valence-electron chi connectivity index (χ4n) is 2.40. The molecule has 0 saturated carbocycles. The number of hydrogen-bond acceptors (Lipinski definition) is 3. The molecular weight excluding hydrogens is 345 g/mol. The van der Waals surface area contributed by atoms with Gasteiger partial charge in [0.15, 0.2) is 9.84 Å². The SMILES string of the molecule is O=C1Cc2cc(S(=O)(=O)Cc3cc(Cl)cc(Cl)c3)ccc2N1. The molecule has 7 heteroatoms. The Morgan fingerprint density at radius 2 is 1.73 bits per heavy atom. The minimum atomic E-state index is -3.54. The quantitative estimate of drug-likeness (QED) is 0.916. The average Bonchev–Trinajstić information content (AvgIpc) is 2.75. The number of halogens is 2. The van der Waals surface area contributed by atoms with Gasteiger partial charge in [-0.3, -0.25) is 4.79 Å². The molecular formula is C15H11Cl2NO3S. The molecule has 1 amide bonds. The molecule has 1 aliphatic heterocycles. The summed E-state index contributed by atoms with van der Waals surface area (Å²) in [4.78, 5) is 11.5. The second-order valence-electron chi connectivity index (χ2n) is 5.08. The second kappa shape index (κ2) is 5.57. The molecule has 0 aliphatic carbocycles. The highest BCUT2D eigenvalue weighted by atomic mass is 35.5. The fraction of sp³-hybridized carbons (Fsp3) is 0.133. The predicted octanol–water partition coefficient (Wildman–Crippen LogP) is 3.46. The summed E-state index contributed by atoms with van der Waals surface area (Å²) >= 11 is 11.8. The van der Waals surface area contributed by atoms with Crippen LogP contribution < -0.4 is 5.32 Å². The van der Waals surface area contributed by atoms with Gasteiger partial charge in [0.05, 0.1) is 17.1 Å². The van der Waals surface area contributed by atoms with Crippen LogP contribution in [0.3, 0.4) is 0 Å². The molecule has 1 N–H and O–H groups in total. The molecule has 0 atom stereocenters. The van der Waals surface area contributed by atoms with E-state index >= 15 is 0 Å². The Bertz CT molecular complexity index is 858. The van der Waals surface area contributed by atoms with Gasteiger partial charge in [-0.1, -0.05) is 23.2 Å². The number of hydrogen-bond donors (Lipinski definition) is 1. The Morgan fingerprint density at radius 3 is 2.41 bits per heavy atom. The van der Waals surface area contributed by atoms with Crippen LogP contribution in [0.4, 0.5) is 5.69 Å². The summed E-state index contributed by atoms with van der Waals surface area (Å²) in [5, 5.41) is 3.45. The van der Waals surface area contributed by atoms with Crippen LogP contribution in [-0.4, -0.2) is 14.3 Å². The summed E-state index contributed by atoms with van der Waals surface area (Å²) < 4.78 is 25.0. The van der Waals surface area contributed by atoms with Gasteiger partial charge >= 0.3 is 0 Å². The Morgan fingerprint density at radius 1 is 1.05 bits per heavy atom. The van der Waals surface area contributed by atoms with E-state index in [1.165, 1.54) is 12.1 Å². The number of nitrogens with one attached hydrogen (secondary N) is 1. The van der Waals surface area contributed by atoms with E-state index in [-0.39, 0.29) is 23.0 Å². The second-order valence-corrected chi connectivity index (χ2v) is 7.94. The van der Waals surface area contributed by atoms with Gasteiger partial charge in [0, 0.05) is 15.7 Å². The lowest BCUT2D eigenvalue weighted by molar-refractivity contribution is -0.115. The van der Waals surface area contributed by atoms with Gasteiger partial charge in [0.1, 0.15) is 0 Å². The molecule has 0 spiro atoms. The van der Waals surface area contributed by atoms with Crippen molar-refractivity contribution in [2.24, 2.45) is 0 Å². The summed E-state index contributed by atoms with van der Waals surface area (Å²) in [6.07, 6.45) is 0.196. The average molecular weight is 356 g/mol. The lowest BCUT2D eigenvalue weighted by Crippen LogP contribution is -2.05. The summed E-state index contributed by atoms with van der Waals surface area (Å²) in [7, 11) is -3.54. The number of fused-ring (bicyclic) bond motifs is 1. The molecule has 4 nitrogen and oxygen atoms in total. The molecule has 1 aliphatic rings. The Labute approximate surface area is 138 Å². The summed E-state index contributed by atoms with van der Waals surface area (Å²) in [6.45, 7) is 0. The Balaban J connectivity index is 1.93. The van der Waals surface area contributed by atoms with E-state index in [0.29, 0.717) is 26.9 Å². The number of rotatable bonds is 3. The molecule has 2 aromatic rings. The van der Waals surface area contributed by atoms with Crippen LogP contribution >= 0.6 is 23.2 Å². The topological polar surface area (TPSA) is 63.2 Å². The zero-order chi connectivity index (χ0) is 15.9. The van der Waals surface area contributed by atoms with Crippen LogP contribution in [-0.2, 0) is 26.8 Å². The summed E-state index contributed by atoms with van der Waals surface area (Å²) in [6, 6.07) is 9.33. The standard InChI is InChI=1S/C15H11Cl2NO3S/c16-11-3-9(4-12(17)7-11)8-22(20,21)13-1-2-14-10(5-13)6-15(19)18-14/h1-5,7H,6,8H2,(H,18,19). The number of carbonyl (C=O) groups is 1. The van der Waals surface area contributed by atoms with E-state index in [4.69, 9.17) is 23.2 Å². The van der Waals surface area contributed by atoms with Crippen molar-refractivity contribution >= 4 is 44.6 Å². The molecule has 0 radical (unpaired) electrons. The van der Waals surface area contributed by atoms with Crippen molar-refractivity contribution in [3.8, 4) is 0 Å². The van der Waals surface area contributed by atoms with Crippen molar-refractivity contribution in [1.29, 1.82) is 0 Å². The maximum Gasteiger partial charge on any atom is 0.228 e. The van der Waals surface area contributed by atoms with Crippen molar-refractivity contribution in [2.45, 2.75) is 17.1 Å². The number of anilines is 1. The Kier molecular flexibility index (Phi) is 3.89. The van der Waals surface area contributed by atoms with Gasteiger partial charge in [-0.15, -0.1) is 0 Å². The van der Waals surface area contributed by atoms with Crippen molar-refractivity contribution < 1.29 is 13.2 Å². The first kappa shape index (κ1) is 15.3. The molecule has 0 unspecified atom stereocenters. The van der Waals surface area contributed by atoms with Crippen molar-refractivity contribution in [1.82, 2.24) is 0 Å². The lowest BCUT2D eigenvalue weighted by Gasteiger charge is -2.07. The Hall–Kier alpha value is -1.56. The van der Waals surface area contributed by atoms with E-state index in [0.717, 1.165) is 0 Å². The van der Waals surface area contributed by atoms with Crippen LogP contribution in [0.2, 0.25) is 10.0 Å². The molecule has 3 rings (SSSR count). The predicted molar refractivity (Wildman–Crippen MR) is 86.1 cm³/mol. The number of benzene rings is 2. The van der Waals surface area contributed by atoms with Crippen LogP contribution in [0.15, 0.2) is 41.3 Å². The summed E-state index contributed by atoms with van der Waals surface area (Å²) in [5.74, 6) is -0.334. The van der Waals surface area contributed by atoms with Gasteiger partial charge in [-0.2, -0.15) is 0 Å². The molecule has 114 valence electrons. The maximum atomic E-state index is 12.5. The molecule has 0 saturated heterocycles. The third kappa shape index (κ3) is 3.11. The van der Waals surface area contributed by atoms with Gasteiger partial charge < -0.3 is 5.32 Å². The summed E-state index contributed by atoms with van der Waals surface area (Å²) in [5.41, 5.74) is 1.87. The molecule has 0 aromatic heterocycles. The first-order valence-electron chi connectivity index (χ1n) is 6.44. The maximum absolute atomic E-state index is 12.5. The van der Waals surface area contributed by atoms with Crippen molar-refractivity contribution in [3.63, 3.8) is 0 Å². The van der Waals surface area contributed by atoms with Crippen LogP contribution in [0.1, 0.15) is 11.1 Å². The molecule has 0 fully saturated rings. The first-order chi connectivity index (χ1) is 10.3. The number of carbonyl (C=O) groups excluding carboxylic acids is 1. The van der Waals surface area contributed by atoms with Gasteiger partial charge in [-0.05, 0) is 47.5 Å². The lowest BCUT2D eigenvalue weighted by atomic mass is 10.2. The number of sulfone groups is 1. The molecule has 22 heavy (non-hydrogen) atoms. The number of amides is 1. The van der Waals surface area contributed by atoms with Crippen molar-refractivity contribution in [3.05, 3.63) is 57.6 Å². The van der Waals surface area contributed by atoms with Crippen molar-refractivity contribution in [2.75, 3.05) is 5.32 Å². The zero-order valence-corrected chi connectivity index (χ0v) is 13.6. The van der Waals surface area contributed by atoms with Crippen LogP contribution in [0.5, 0.6) is 0 Å². The smallest absolute Gasteiger partial charge is 0.228 e. The highest BCUT2D eigenvalue weighted by molar-refractivity contribution is 7.90. The van der Waals surface area contributed by atoms with Gasteiger partial charge in [0.25, 0.3) is 0 Å². The third-order valence-electron chi connectivity index (χ3n) is 3.34. The molecule has 2 aromatic carbocycles. The normalized spacial score (nSPS) is 13.8. The van der Waals surface area contributed by atoms with E-state index < -0.39 is 9.84 Å². The van der Waals surface area contributed by atoms with E-state index in [1.807, 2.05) is 0 Å². The fourth-order valence-corrected chi connectivity index (χ4v) is 4.34. The zero-order valence-electron chi connectivity index (χ0n) is 11.3. The van der Waals surface area contributed by atoms with E-state index in [1.54, 1.807) is 24.3 Å². The third-order valence-corrected chi connectivity index (χ3v) is 5.46. The largest absolute Gasteiger partial charge is 0.326 e. The monoisotopic (exact) mass is 355 g/mol. The van der Waals surface area contributed by atoms with Gasteiger partial charge in [-0.25, -0.2) is 8.42 Å². The van der Waals surface area contributed by atoms with Crippen LogP contribution in [0, 0.1) is 0 Å². The molecule has 0 bridgehead atoms. The minimum Gasteiger partial charge on any atom is -0.326 e. The highest BCUT2D eigenvalue weighted by Crippen LogP contribution is 2.28. The minimum absolute atomic E-state index is 0.133. The van der Waals surface area contributed by atoms with E-state index in [9.17, 15) is 13.2 Å². The van der Waals surface area contributed by atoms with E-state index in [2.05, 4.69) is 5.32 Å². The first-order valence-corrected chi connectivity index (χ1v) is 8.85. The van der Waals surface area contributed by atoms with Gasteiger partial charge in [0.2, 0.25) is 5.91 Å². The van der Waals surface area contributed by atoms with Crippen LogP contribution in [0.25, 0.3) is 0 Å². The molecule has 1 heterocycles.